The summed E-state index contributed by atoms with van der Waals surface area (Å²) in [5.74, 6) is -3.62. The minimum atomic E-state index is -1.36. The molecule has 13 heteroatoms. The van der Waals surface area contributed by atoms with Gasteiger partial charge in [-0.15, -0.1) is 0 Å². The predicted molar refractivity (Wildman–Crippen MR) is 154 cm³/mol. The molecule has 1 N–H and O–H groups in total. The summed E-state index contributed by atoms with van der Waals surface area (Å²) in [5.41, 5.74) is 4.13. The fourth-order valence-electron chi connectivity index (χ4n) is 6.28. The number of benzene rings is 2. The molecule has 0 spiro atoms. The number of ether oxygens (including phenoxy) is 6. The summed E-state index contributed by atoms with van der Waals surface area (Å²) in [4.78, 5) is 62.4. The summed E-state index contributed by atoms with van der Waals surface area (Å²) in [6.45, 7) is 4.84. The number of carboxylic acids is 1. The van der Waals surface area contributed by atoms with E-state index in [0.29, 0.717) is 0 Å². The number of likely N-dealkylation sites (tertiary alicyclic amines) is 1. The maximum absolute atomic E-state index is 13.3. The van der Waals surface area contributed by atoms with Gasteiger partial charge in [-0.05, 0) is 29.2 Å². The largest absolute Gasteiger partial charge is 0.480 e. The molecule has 0 bridgehead atoms. The standard InChI is InChI=1S/C32H35NO12/c1-16-27(42-17(2)34)28(43-18(3)35)29(44-19(4)36)31(41-16)45-20-13-26(30(37)38)33(14-20)32(39)40-15-25-23-11-7-5-9-21(23)22-10-6-8-12-24(22)25/h5-12,16,20,25-29,31H,13-15H2,1-4H3,(H,37,38)/t16-,20-,26+,27-,28+,29+,31-/m0/s1. The van der Waals surface area contributed by atoms with E-state index < -0.39 is 72.8 Å². The van der Waals surface area contributed by atoms with Crippen LogP contribution < -0.4 is 0 Å². The quantitative estimate of drug-likeness (QED) is 0.337. The molecule has 0 saturated carbocycles. The van der Waals surface area contributed by atoms with Crippen LogP contribution in [0.15, 0.2) is 48.5 Å². The van der Waals surface area contributed by atoms with E-state index in [1.165, 1.54) is 6.92 Å². The summed E-state index contributed by atoms with van der Waals surface area (Å²) in [6.07, 6.45) is -7.80. The first-order valence-corrected chi connectivity index (χ1v) is 14.6. The second-order valence-electron chi connectivity index (χ2n) is 11.2. The number of carboxylic acid groups (broad SMARTS) is 1. The molecule has 5 rings (SSSR count). The Morgan fingerprint density at radius 2 is 1.36 bits per heavy atom. The van der Waals surface area contributed by atoms with E-state index in [-0.39, 0.29) is 25.5 Å². The van der Waals surface area contributed by atoms with E-state index in [0.717, 1.165) is 41.0 Å². The van der Waals surface area contributed by atoms with Crippen LogP contribution in [-0.4, -0.2) is 96.0 Å². The molecule has 2 aliphatic heterocycles. The number of hydrogen-bond acceptors (Lipinski definition) is 11. The molecule has 0 aromatic heterocycles. The molecule has 240 valence electrons. The molecule has 3 aliphatic rings. The van der Waals surface area contributed by atoms with E-state index >= 15 is 0 Å². The number of rotatable bonds is 8. The van der Waals surface area contributed by atoms with E-state index in [1.54, 1.807) is 6.92 Å². The molecule has 2 aromatic rings. The SMILES string of the molecule is CC(=O)O[C@@H]1[C@@H](OC(C)=O)[C@H](C)O[C@@H](O[C@H]2C[C@H](C(=O)O)N(C(=O)OCC3c4ccccc4-c4ccccc43)C2)[C@@H]1OC(C)=O. The number of nitrogens with zero attached hydrogens (tertiary/aromatic N) is 1. The highest BCUT2D eigenvalue weighted by molar-refractivity contribution is 5.82. The lowest BCUT2D eigenvalue weighted by Crippen LogP contribution is -2.61. The Bertz CT molecular complexity index is 1430. The summed E-state index contributed by atoms with van der Waals surface area (Å²) < 4.78 is 33.8. The van der Waals surface area contributed by atoms with E-state index in [4.69, 9.17) is 28.4 Å². The van der Waals surface area contributed by atoms with Crippen molar-refractivity contribution in [1.82, 2.24) is 4.90 Å². The molecule has 45 heavy (non-hydrogen) atoms. The van der Waals surface area contributed by atoms with Gasteiger partial charge in [0.2, 0.25) is 0 Å². The van der Waals surface area contributed by atoms with Crippen LogP contribution in [0.4, 0.5) is 4.79 Å². The number of carbonyl (C=O) groups excluding carboxylic acids is 4. The molecule has 13 nitrogen and oxygen atoms in total. The fourth-order valence-corrected chi connectivity index (χ4v) is 6.28. The summed E-state index contributed by atoms with van der Waals surface area (Å²) in [5, 5.41) is 9.96. The number of carbonyl (C=O) groups is 5. The Morgan fingerprint density at radius 1 is 0.822 bits per heavy atom. The van der Waals surface area contributed by atoms with Crippen molar-refractivity contribution in [2.45, 2.75) is 82.9 Å². The van der Waals surface area contributed by atoms with Crippen LogP contribution in [0.5, 0.6) is 0 Å². The summed E-state index contributed by atoms with van der Waals surface area (Å²) in [6, 6.07) is 14.4. The maximum Gasteiger partial charge on any atom is 0.410 e. The van der Waals surface area contributed by atoms with Crippen molar-refractivity contribution in [3.8, 4) is 11.1 Å². The van der Waals surface area contributed by atoms with Crippen molar-refractivity contribution in [1.29, 1.82) is 0 Å². The highest BCUT2D eigenvalue weighted by atomic mass is 16.7. The van der Waals surface area contributed by atoms with Crippen LogP contribution in [-0.2, 0) is 47.6 Å². The van der Waals surface area contributed by atoms with Crippen LogP contribution in [0.3, 0.4) is 0 Å². The lowest BCUT2D eigenvalue weighted by molar-refractivity contribution is -0.309. The third kappa shape index (κ3) is 6.79. The molecule has 1 aliphatic carbocycles. The summed E-state index contributed by atoms with van der Waals surface area (Å²) >= 11 is 0. The summed E-state index contributed by atoms with van der Waals surface area (Å²) in [7, 11) is 0. The zero-order valence-corrected chi connectivity index (χ0v) is 25.2. The zero-order chi connectivity index (χ0) is 32.4. The van der Waals surface area contributed by atoms with Gasteiger partial charge in [0, 0.05) is 33.1 Å². The van der Waals surface area contributed by atoms with Crippen molar-refractivity contribution >= 4 is 30.0 Å². The number of fused-ring (bicyclic) bond motifs is 3. The lowest BCUT2D eigenvalue weighted by Gasteiger charge is -2.43. The van der Waals surface area contributed by atoms with Gasteiger partial charge < -0.3 is 33.5 Å². The molecule has 0 unspecified atom stereocenters. The molecule has 2 heterocycles. The molecular formula is C32H35NO12. The van der Waals surface area contributed by atoms with Crippen LogP contribution in [0, 0.1) is 0 Å². The smallest absolute Gasteiger partial charge is 0.410 e. The molecule has 2 saturated heterocycles. The maximum atomic E-state index is 13.3. The Labute approximate surface area is 259 Å². The normalized spacial score (nSPS) is 27.2. The average molecular weight is 626 g/mol. The van der Waals surface area contributed by atoms with Crippen LogP contribution in [0.25, 0.3) is 11.1 Å². The van der Waals surface area contributed by atoms with E-state index in [1.807, 2.05) is 48.5 Å². The van der Waals surface area contributed by atoms with E-state index in [9.17, 15) is 29.1 Å². The monoisotopic (exact) mass is 625 g/mol. The highest BCUT2D eigenvalue weighted by Crippen LogP contribution is 2.44. The first-order chi connectivity index (χ1) is 21.4. The topological polar surface area (TPSA) is 164 Å². The Kier molecular flexibility index (Phi) is 9.40. The van der Waals surface area contributed by atoms with Gasteiger partial charge >= 0.3 is 30.0 Å². The van der Waals surface area contributed by atoms with Gasteiger partial charge in [-0.25, -0.2) is 9.59 Å². The van der Waals surface area contributed by atoms with Crippen molar-refractivity contribution in [2.24, 2.45) is 0 Å². The second kappa shape index (κ2) is 13.2. The van der Waals surface area contributed by atoms with E-state index in [2.05, 4.69) is 0 Å². The van der Waals surface area contributed by atoms with Gasteiger partial charge in [0.1, 0.15) is 12.6 Å². The Hall–Kier alpha value is -4.49. The van der Waals surface area contributed by atoms with Gasteiger partial charge in [-0.2, -0.15) is 0 Å². The van der Waals surface area contributed by atoms with Crippen LogP contribution in [0.1, 0.15) is 51.2 Å². The molecule has 1 amide bonds. The molecule has 2 fully saturated rings. The van der Waals surface area contributed by atoms with Gasteiger partial charge in [0.25, 0.3) is 0 Å². The average Bonchev–Trinajstić information content (AvgIpc) is 3.55. The first-order valence-electron chi connectivity index (χ1n) is 14.6. The zero-order valence-electron chi connectivity index (χ0n) is 25.2. The minimum absolute atomic E-state index is 0.000597. The van der Waals surface area contributed by atoms with Crippen molar-refractivity contribution in [3.63, 3.8) is 0 Å². The number of esters is 3. The number of amides is 1. The Balaban J connectivity index is 1.31. The number of aliphatic carboxylic acids is 1. The van der Waals surface area contributed by atoms with Gasteiger partial charge in [0.05, 0.1) is 18.8 Å². The van der Waals surface area contributed by atoms with Crippen LogP contribution >= 0.6 is 0 Å². The van der Waals surface area contributed by atoms with Crippen molar-refractivity contribution < 1.29 is 57.5 Å². The van der Waals surface area contributed by atoms with Crippen molar-refractivity contribution in [2.75, 3.05) is 13.2 Å². The highest BCUT2D eigenvalue weighted by Gasteiger charge is 2.53. The molecule has 0 radical (unpaired) electrons. The third-order valence-corrected chi connectivity index (χ3v) is 8.08. The minimum Gasteiger partial charge on any atom is -0.480 e. The lowest BCUT2D eigenvalue weighted by atomic mass is 9.98. The number of hydrogen-bond donors (Lipinski definition) is 1. The predicted octanol–water partition coefficient (Wildman–Crippen LogP) is 3.02. The fraction of sp³-hybridized carbons (Fsp3) is 0.469. The Morgan fingerprint density at radius 3 is 1.91 bits per heavy atom. The first kappa shape index (κ1) is 31.9. The third-order valence-electron chi connectivity index (χ3n) is 8.08. The van der Waals surface area contributed by atoms with Gasteiger partial charge in [-0.3, -0.25) is 19.3 Å². The molecule has 2 aromatic carbocycles. The van der Waals surface area contributed by atoms with Crippen molar-refractivity contribution in [3.05, 3.63) is 59.7 Å². The second-order valence-corrected chi connectivity index (χ2v) is 11.2. The van der Waals surface area contributed by atoms with Crippen LogP contribution in [0.2, 0.25) is 0 Å². The van der Waals surface area contributed by atoms with Gasteiger partial charge in [-0.1, -0.05) is 48.5 Å². The van der Waals surface area contributed by atoms with Gasteiger partial charge in [0.15, 0.2) is 24.6 Å². The molecular weight excluding hydrogens is 590 g/mol. The molecule has 7 atom stereocenters.